The highest BCUT2D eigenvalue weighted by Crippen LogP contribution is 2.36. The standard InChI is InChI=1S/C10H8O2S/c11-7-5-4-6-2-1-3-8(13)9(6)10(7)12/h1-5,11-13H. The summed E-state index contributed by atoms with van der Waals surface area (Å²) in [6.07, 6.45) is 0. The van der Waals surface area contributed by atoms with Crippen molar-refractivity contribution in [1.29, 1.82) is 0 Å². The van der Waals surface area contributed by atoms with Gasteiger partial charge >= 0.3 is 0 Å². The predicted octanol–water partition coefficient (Wildman–Crippen LogP) is 2.54. The molecule has 0 amide bonds. The van der Waals surface area contributed by atoms with Crippen LogP contribution < -0.4 is 0 Å². The summed E-state index contributed by atoms with van der Waals surface area (Å²) in [7, 11) is 0. The lowest BCUT2D eigenvalue weighted by atomic mass is 10.1. The molecule has 0 atom stereocenters. The largest absolute Gasteiger partial charge is 0.504 e. The second kappa shape index (κ2) is 2.85. The summed E-state index contributed by atoms with van der Waals surface area (Å²) >= 11 is 4.20. The monoisotopic (exact) mass is 192 g/mol. The summed E-state index contributed by atoms with van der Waals surface area (Å²) in [5.41, 5.74) is 0. The van der Waals surface area contributed by atoms with Crippen molar-refractivity contribution < 1.29 is 10.2 Å². The number of hydrogen-bond donors (Lipinski definition) is 3. The summed E-state index contributed by atoms with van der Waals surface area (Å²) in [6.45, 7) is 0. The molecule has 13 heavy (non-hydrogen) atoms. The van der Waals surface area contributed by atoms with Crippen LogP contribution >= 0.6 is 12.6 Å². The number of fused-ring (bicyclic) bond motifs is 1. The Labute approximate surface area is 80.9 Å². The van der Waals surface area contributed by atoms with Gasteiger partial charge < -0.3 is 10.2 Å². The molecule has 0 unspecified atom stereocenters. The Balaban J connectivity index is 2.97. The van der Waals surface area contributed by atoms with Gasteiger partial charge in [-0.05, 0) is 17.5 Å². The van der Waals surface area contributed by atoms with Crippen LogP contribution in [0.25, 0.3) is 10.8 Å². The Kier molecular flexibility index (Phi) is 1.81. The molecular weight excluding hydrogens is 184 g/mol. The first-order valence-corrected chi connectivity index (χ1v) is 4.27. The molecule has 66 valence electrons. The molecule has 0 aliphatic carbocycles. The summed E-state index contributed by atoms with van der Waals surface area (Å²) in [6, 6.07) is 8.68. The maximum atomic E-state index is 9.54. The first-order chi connectivity index (χ1) is 6.20. The van der Waals surface area contributed by atoms with Gasteiger partial charge in [0.2, 0.25) is 0 Å². The fourth-order valence-corrected chi connectivity index (χ4v) is 1.65. The minimum Gasteiger partial charge on any atom is -0.504 e. The fourth-order valence-electron chi connectivity index (χ4n) is 1.33. The summed E-state index contributed by atoms with van der Waals surface area (Å²) in [4.78, 5) is 0.658. The first kappa shape index (κ1) is 8.26. The summed E-state index contributed by atoms with van der Waals surface area (Å²) in [5, 5.41) is 20.3. The molecule has 0 radical (unpaired) electrons. The second-order valence-electron chi connectivity index (χ2n) is 2.81. The molecule has 0 bridgehead atoms. The molecule has 2 aromatic rings. The third kappa shape index (κ3) is 1.21. The number of phenolic OH excluding ortho intramolecular Hbond substituents is 2. The zero-order valence-corrected chi connectivity index (χ0v) is 7.62. The van der Waals surface area contributed by atoms with Crippen LogP contribution in [0.4, 0.5) is 0 Å². The molecule has 0 heterocycles. The molecule has 0 saturated heterocycles. The molecule has 0 aliphatic heterocycles. The Morgan fingerprint density at radius 2 is 1.77 bits per heavy atom. The van der Waals surface area contributed by atoms with Gasteiger partial charge in [-0.1, -0.05) is 18.2 Å². The SMILES string of the molecule is Oc1ccc2cccc(S)c2c1O. The van der Waals surface area contributed by atoms with E-state index in [0.29, 0.717) is 10.3 Å². The lowest BCUT2D eigenvalue weighted by molar-refractivity contribution is 0.408. The van der Waals surface area contributed by atoms with Crippen molar-refractivity contribution in [2.75, 3.05) is 0 Å². The van der Waals surface area contributed by atoms with Gasteiger partial charge in [0.05, 0.1) is 0 Å². The predicted molar refractivity (Wildman–Crippen MR) is 54.5 cm³/mol. The van der Waals surface area contributed by atoms with E-state index in [0.717, 1.165) is 5.39 Å². The van der Waals surface area contributed by atoms with Crippen LogP contribution in [0.15, 0.2) is 35.2 Å². The number of aromatic hydroxyl groups is 2. The number of rotatable bonds is 0. The van der Waals surface area contributed by atoms with Crippen molar-refractivity contribution in [2.24, 2.45) is 0 Å². The zero-order valence-electron chi connectivity index (χ0n) is 6.73. The quantitative estimate of drug-likeness (QED) is 0.443. The number of benzene rings is 2. The molecule has 2 N–H and O–H groups in total. The van der Waals surface area contributed by atoms with Crippen molar-refractivity contribution in [3.63, 3.8) is 0 Å². The Morgan fingerprint density at radius 3 is 2.54 bits per heavy atom. The maximum Gasteiger partial charge on any atom is 0.166 e. The molecule has 2 nitrogen and oxygen atoms in total. The number of phenols is 2. The molecule has 2 aromatic carbocycles. The minimum absolute atomic E-state index is 0.108. The van der Waals surface area contributed by atoms with Crippen LogP contribution in [0.5, 0.6) is 11.5 Å². The average molecular weight is 192 g/mol. The highest BCUT2D eigenvalue weighted by molar-refractivity contribution is 7.80. The molecule has 0 saturated carbocycles. The van der Waals surface area contributed by atoms with Gasteiger partial charge in [0, 0.05) is 10.3 Å². The molecule has 0 aromatic heterocycles. The van der Waals surface area contributed by atoms with Gasteiger partial charge in [-0.3, -0.25) is 0 Å². The topological polar surface area (TPSA) is 40.5 Å². The van der Waals surface area contributed by atoms with E-state index >= 15 is 0 Å². The smallest absolute Gasteiger partial charge is 0.166 e. The van der Waals surface area contributed by atoms with Crippen molar-refractivity contribution in [3.05, 3.63) is 30.3 Å². The lowest BCUT2D eigenvalue weighted by Crippen LogP contribution is -1.76. The van der Waals surface area contributed by atoms with E-state index < -0.39 is 0 Å². The summed E-state index contributed by atoms with van der Waals surface area (Å²) < 4.78 is 0. The van der Waals surface area contributed by atoms with E-state index in [1.54, 1.807) is 12.1 Å². The van der Waals surface area contributed by atoms with Gasteiger partial charge in [-0.25, -0.2) is 0 Å². The van der Waals surface area contributed by atoms with E-state index in [9.17, 15) is 10.2 Å². The average Bonchev–Trinajstić information content (AvgIpc) is 2.12. The highest BCUT2D eigenvalue weighted by Gasteiger charge is 2.06. The molecule has 2 rings (SSSR count). The van der Waals surface area contributed by atoms with Gasteiger partial charge in [-0.2, -0.15) is 0 Å². The molecule has 0 spiro atoms. The van der Waals surface area contributed by atoms with Crippen LogP contribution in [0.2, 0.25) is 0 Å². The van der Waals surface area contributed by atoms with Gasteiger partial charge in [-0.15, -0.1) is 12.6 Å². The van der Waals surface area contributed by atoms with Crippen molar-refractivity contribution in [2.45, 2.75) is 4.90 Å². The fraction of sp³-hybridized carbons (Fsp3) is 0. The lowest BCUT2D eigenvalue weighted by Gasteiger charge is -2.04. The number of hydrogen-bond acceptors (Lipinski definition) is 3. The van der Waals surface area contributed by atoms with E-state index in [4.69, 9.17) is 0 Å². The maximum absolute atomic E-state index is 9.54. The Bertz CT molecular complexity index is 466. The molecular formula is C10H8O2S. The van der Waals surface area contributed by atoms with Gasteiger partial charge in [0.25, 0.3) is 0 Å². The van der Waals surface area contributed by atoms with Crippen LogP contribution in [0.3, 0.4) is 0 Å². The third-order valence-corrected chi connectivity index (χ3v) is 2.35. The summed E-state index contributed by atoms with van der Waals surface area (Å²) in [5.74, 6) is -0.225. The van der Waals surface area contributed by atoms with Crippen LogP contribution in [0, 0.1) is 0 Å². The van der Waals surface area contributed by atoms with Crippen molar-refractivity contribution in [3.8, 4) is 11.5 Å². The first-order valence-electron chi connectivity index (χ1n) is 3.83. The number of thiol groups is 1. The highest BCUT2D eigenvalue weighted by atomic mass is 32.1. The third-order valence-electron chi connectivity index (χ3n) is 1.97. The molecule has 3 heteroatoms. The van der Waals surface area contributed by atoms with Crippen LogP contribution in [0.1, 0.15) is 0 Å². The van der Waals surface area contributed by atoms with Gasteiger partial charge in [0.1, 0.15) is 0 Å². The van der Waals surface area contributed by atoms with Crippen LogP contribution in [-0.4, -0.2) is 10.2 Å². The second-order valence-corrected chi connectivity index (χ2v) is 3.29. The molecule has 0 fully saturated rings. The Hall–Kier alpha value is -1.35. The zero-order chi connectivity index (χ0) is 9.42. The molecule has 0 aliphatic rings. The van der Waals surface area contributed by atoms with Gasteiger partial charge in [0.15, 0.2) is 11.5 Å². The Morgan fingerprint density at radius 1 is 1.00 bits per heavy atom. The van der Waals surface area contributed by atoms with E-state index in [-0.39, 0.29) is 11.5 Å². The van der Waals surface area contributed by atoms with E-state index in [2.05, 4.69) is 12.6 Å². The normalized spacial score (nSPS) is 10.5. The van der Waals surface area contributed by atoms with Crippen molar-refractivity contribution in [1.82, 2.24) is 0 Å². The van der Waals surface area contributed by atoms with Crippen LogP contribution in [-0.2, 0) is 0 Å². The van der Waals surface area contributed by atoms with E-state index in [1.807, 2.05) is 12.1 Å². The van der Waals surface area contributed by atoms with E-state index in [1.165, 1.54) is 6.07 Å². The van der Waals surface area contributed by atoms with Crippen molar-refractivity contribution >= 4 is 23.4 Å². The minimum atomic E-state index is -0.117.